The zero-order valence-electron chi connectivity index (χ0n) is 19.1. The second-order valence-electron chi connectivity index (χ2n) is 6.79. The van der Waals surface area contributed by atoms with Gasteiger partial charge in [-0.25, -0.2) is 4.79 Å². The molecule has 0 amide bonds. The molecule has 1 N–H and O–H groups in total. The lowest BCUT2D eigenvalue weighted by molar-refractivity contribution is -0.149. The van der Waals surface area contributed by atoms with E-state index in [9.17, 15) is 9.90 Å². The Morgan fingerprint density at radius 1 is 1.03 bits per heavy atom. The van der Waals surface area contributed by atoms with Crippen LogP contribution in [0.25, 0.3) is 0 Å². The lowest BCUT2D eigenvalue weighted by Crippen LogP contribution is -2.26. The van der Waals surface area contributed by atoms with Crippen molar-refractivity contribution in [1.29, 1.82) is 0 Å². The van der Waals surface area contributed by atoms with E-state index in [0.29, 0.717) is 42.1 Å². The summed E-state index contributed by atoms with van der Waals surface area (Å²) < 4.78 is 22.0. The van der Waals surface area contributed by atoms with E-state index < -0.39 is 12.1 Å². The molecule has 33 heavy (non-hydrogen) atoms. The van der Waals surface area contributed by atoms with Crippen LogP contribution in [0.3, 0.4) is 0 Å². The molecular formula is C26H29ClO6. The standard InChI is InChI=1S/C26H29ClO6/c1-4-30-21-14-19(15-22(18-21)31-5-2)10-8-7-9-13-33-24-12-11-20(16-23(24)27)17-25(26(28)29)32-6-3/h7,9,11-12,14-16,18,25H,4-6,13,17H2,1-3H3,(H,28,29)/b9-7+/t25-/m0/s1. The highest BCUT2D eigenvalue weighted by Crippen LogP contribution is 2.26. The average Bonchev–Trinajstić information content (AvgIpc) is 2.77. The first-order chi connectivity index (χ1) is 16.0. The van der Waals surface area contributed by atoms with E-state index in [-0.39, 0.29) is 13.0 Å². The van der Waals surface area contributed by atoms with Crippen molar-refractivity contribution < 1.29 is 28.8 Å². The molecule has 0 radical (unpaired) electrons. The lowest BCUT2D eigenvalue weighted by Gasteiger charge is -2.13. The molecule has 1 atom stereocenters. The highest BCUT2D eigenvalue weighted by Gasteiger charge is 2.18. The van der Waals surface area contributed by atoms with E-state index in [2.05, 4.69) is 11.8 Å². The monoisotopic (exact) mass is 472 g/mol. The van der Waals surface area contributed by atoms with Crippen LogP contribution in [0.15, 0.2) is 48.6 Å². The van der Waals surface area contributed by atoms with Crippen molar-refractivity contribution in [2.24, 2.45) is 0 Å². The van der Waals surface area contributed by atoms with Crippen LogP contribution in [0.4, 0.5) is 0 Å². The van der Waals surface area contributed by atoms with E-state index >= 15 is 0 Å². The Morgan fingerprint density at radius 2 is 1.73 bits per heavy atom. The summed E-state index contributed by atoms with van der Waals surface area (Å²) in [6.45, 7) is 7.35. The topological polar surface area (TPSA) is 74.2 Å². The summed E-state index contributed by atoms with van der Waals surface area (Å²) in [7, 11) is 0. The molecular weight excluding hydrogens is 444 g/mol. The maximum absolute atomic E-state index is 11.2. The summed E-state index contributed by atoms with van der Waals surface area (Å²) in [6, 6.07) is 10.8. The minimum Gasteiger partial charge on any atom is -0.494 e. The minimum absolute atomic E-state index is 0.230. The van der Waals surface area contributed by atoms with E-state index in [0.717, 1.165) is 11.1 Å². The largest absolute Gasteiger partial charge is 0.494 e. The van der Waals surface area contributed by atoms with E-state index in [4.69, 9.17) is 30.5 Å². The highest BCUT2D eigenvalue weighted by molar-refractivity contribution is 6.32. The number of hydrogen-bond donors (Lipinski definition) is 1. The van der Waals surface area contributed by atoms with Crippen LogP contribution in [-0.4, -0.2) is 43.6 Å². The number of ether oxygens (including phenoxy) is 4. The van der Waals surface area contributed by atoms with Gasteiger partial charge in [0.05, 0.1) is 18.2 Å². The summed E-state index contributed by atoms with van der Waals surface area (Å²) >= 11 is 6.28. The number of carbonyl (C=O) groups is 1. The minimum atomic E-state index is -1.00. The van der Waals surface area contributed by atoms with Crippen molar-refractivity contribution in [3.63, 3.8) is 0 Å². The maximum atomic E-state index is 11.2. The predicted octanol–water partition coefficient (Wildman–Crippen LogP) is 5.16. The summed E-state index contributed by atoms with van der Waals surface area (Å²) in [5.74, 6) is 6.97. The van der Waals surface area contributed by atoms with Gasteiger partial charge in [-0.2, -0.15) is 0 Å². The number of aliphatic carboxylic acids is 1. The fourth-order valence-electron chi connectivity index (χ4n) is 2.93. The van der Waals surface area contributed by atoms with E-state index in [1.165, 1.54) is 0 Å². The molecule has 0 aliphatic carbocycles. The quantitative estimate of drug-likeness (QED) is 0.430. The Hall–Kier alpha value is -3.14. The van der Waals surface area contributed by atoms with Gasteiger partial charge in [0, 0.05) is 24.7 Å². The van der Waals surface area contributed by atoms with Gasteiger partial charge in [0.25, 0.3) is 0 Å². The third-order valence-electron chi connectivity index (χ3n) is 4.32. The number of carboxylic acid groups (broad SMARTS) is 1. The molecule has 2 rings (SSSR count). The van der Waals surface area contributed by atoms with Gasteiger partial charge < -0.3 is 24.1 Å². The van der Waals surface area contributed by atoms with Crippen LogP contribution in [0.2, 0.25) is 5.02 Å². The van der Waals surface area contributed by atoms with Crippen molar-refractivity contribution >= 4 is 17.6 Å². The van der Waals surface area contributed by atoms with Crippen molar-refractivity contribution in [3.8, 4) is 29.1 Å². The second-order valence-corrected chi connectivity index (χ2v) is 7.20. The van der Waals surface area contributed by atoms with Crippen LogP contribution < -0.4 is 14.2 Å². The number of hydrogen-bond acceptors (Lipinski definition) is 5. The normalized spacial score (nSPS) is 11.5. The van der Waals surface area contributed by atoms with Gasteiger partial charge in [-0.3, -0.25) is 0 Å². The molecule has 176 valence electrons. The van der Waals surface area contributed by atoms with Gasteiger partial charge >= 0.3 is 5.97 Å². The number of carboxylic acids is 1. The molecule has 7 heteroatoms. The molecule has 0 aliphatic heterocycles. The predicted molar refractivity (Wildman–Crippen MR) is 128 cm³/mol. The molecule has 0 spiro atoms. The van der Waals surface area contributed by atoms with Gasteiger partial charge in [-0.1, -0.05) is 29.5 Å². The van der Waals surface area contributed by atoms with Crippen LogP contribution >= 0.6 is 11.6 Å². The fraction of sp³-hybridized carbons (Fsp3) is 0.346. The van der Waals surface area contributed by atoms with Crippen LogP contribution in [-0.2, 0) is 16.0 Å². The first kappa shape index (κ1) is 26.1. The summed E-state index contributed by atoms with van der Waals surface area (Å²) in [5.41, 5.74) is 1.55. The van der Waals surface area contributed by atoms with Crippen LogP contribution in [0.5, 0.6) is 17.2 Å². The molecule has 0 aromatic heterocycles. The molecule has 0 aliphatic rings. The summed E-state index contributed by atoms with van der Waals surface area (Å²) in [4.78, 5) is 11.2. The van der Waals surface area contributed by atoms with Crippen LogP contribution in [0, 0.1) is 11.8 Å². The molecule has 0 heterocycles. The molecule has 0 bridgehead atoms. The molecule has 2 aromatic rings. The van der Waals surface area contributed by atoms with Crippen molar-refractivity contribution in [1.82, 2.24) is 0 Å². The number of halogens is 1. The SMILES string of the molecule is CCOc1cc(C#C/C=C/COc2ccc(C[C@H](OCC)C(=O)O)cc2Cl)cc(OCC)c1. The van der Waals surface area contributed by atoms with Crippen molar-refractivity contribution in [3.05, 3.63) is 64.7 Å². The highest BCUT2D eigenvalue weighted by atomic mass is 35.5. The molecule has 2 aromatic carbocycles. The molecule has 6 nitrogen and oxygen atoms in total. The van der Waals surface area contributed by atoms with Gasteiger partial charge in [0.1, 0.15) is 23.9 Å². The zero-order chi connectivity index (χ0) is 24.1. The number of rotatable bonds is 12. The van der Waals surface area contributed by atoms with Gasteiger partial charge in [-0.05, 0) is 62.8 Å². The Kier molecular flexibility index (Phi) is 11.2. The van der Waals surface area contributed by atoms with Gasteiger partial charge in [0.15, 0.2) is 6.10 Å². The Bertz CT molecular complexity index is 981. The average molecular weight is 473 g/mol. The number of benzene rings is 2. The number of allylic oxidation sites excluding steroid dienone is 1. The fourth-order valence-corrected chi connectivity index (χ4v) is 3.19. The van der Waals surface area contributed by atoms with E-state index in [1.54, 1.807) is 37.3 Å². The van der Waals surface area contributed by atoms with Crippen molar-refractivity contribution in [2.45, 2.75) is 33.3 Å². The Balaban J connectivity index is 1.94. The van der Waals surface area contributed by atoms with Crippen molar-refractivity contribution in [2.75, 3.05) is 26.4 Å². The summed E-state index contributed by atoms with van der Waals surface area (Å²) in [6.07, 6.45) is 2.81. The molecule has 0 fully saturated rings. The smallest absolute Gasteiger partial charge is 0.333 e. The Morgan fingerprint density at radius 3 is 2.30 bits per heavy atom. The molecule has 0 saturated heterocycles. The zero-order valence-corrected chi connectivity index (χ0v) is 19.9. The molecule has 0 unspecified atom stereocenters. The van der Waals surface area contributed by atoms with Gasteiger partial charge in [0.2, 0.25) is 0 Å². The lowest BCUT2D eigenvalue weighted by atomic mass is 10.1. The maximum Gasteiger partial charge on any atom is 0.333 e. The summed E-state index contributed by atoms with van der Waals surface area (Å²) in [5, 5.41) is 9.62. The first-order valence-electron chi connectivity index (χ1n) is 10.8. The molecule has 0 saturated carbocycles. The second kappa shape index (κ2) is 14.1. The Labute approximate surface area is 200 Å². The third-order valence-corrected chi connectivity index (χ3v) is 4.61. The third kappa shape index (κ3) is 9.09. The van der Waals surface area contributed by atoms with E-state index in [1.807, 2.05) is 32.0 Å². The van der Waals surface area contributed by atoms with Crippen LogP contribution in [0.1, 0.15) is 31.9 Å². The first-order valence-corrected chi connectivity index (χ1v) is 11.2. The van der Waals surface area contributed by atoms with Gasteiger partial charge in [-0.15, -0.1) is 0 Å².